The molecule has 0 radical (unpaired) electrons. The average Bonchev–Trinajstić information content (AvgIpc) is 3.44. The van der Waals surface area contributed by atoms with E-state index in [1.165, 1.54) is 12.8 Å². The van der Waals surface area contributed by atoms with Crippen molar-refractivity contribution in [1.82, 2.24) is 19.6 Å². The fourth-order valence-corrected chi connectivity index (χ4v) is 5.25. The zero-order valence-electron chi connectivity index (χ0n) is 18.8. The van der Waals surface area contributed by atoms with Gasteiger partial charge in [0, 0.05) is 45.0 Å². The van der Waals surface area contributed by atoms with E-state index >= 15 is 0 Å². The van der Waals surface area contributed by atoms with Crippen LogP contribution in [-0.2, 0) is 11.8 Å². The van der Waals surface area contributed by atoms with Crippen LogP contribution in [0.2, 0.25) is 0 Å². The van der Waals surface area contributed by atoms with Crippen LogP contribution in [0.4, 0.5) is 0 Å². The number of hydrogen-bond donors (Lipinski definition) is 0. The fraction of sp³-hybridized carbons (Fsp3) is 0.560. The number of ether oxygens (including phenoxy) is 1. The highest BCUT2D eigenvalue weighted by Crippen LogP contribution is 2.44. The second kappa shape index (κ2) is 8.70. The fourth-order valence-electron chi connectivity index (χ4n) is 5.25. The summed E-state index contributed by atoms with van der Waals surface area (Å²) in [6.07, 6.45) is 6.96. The number of hydrogen-bond acceptors (Lipinski definition) is 4. The first-order valence-electron chi connectivity index (χ1n) is 11.8. The molecule has 170 valence electrons. The van der Waals surface area contributed by atoms with Crippen LogP contribution in [0.15, 0.2) is 42.6 Å². The van der Waals surface area contributed by atoms with E-state index in [2.05, 4.69) is 5.10 Å². The minimum absolute atomic E-state index is 0.0411. The number of carbonyl (C=O) groups excluding carboxylic acids is 2. The van der Waals surface area contributed by atoms with Crippen LogP contribution in [0.1, 0.15) is 53.0 Å². The first-order chi connectivity index (χ1) is 15.5. The third-order valence-electron chi connectivity index (χ3n) is 7.41. The molecule has 3 heterocycles. The Hall–Kier alpha value is -2.67. The molecule has 2 aromatic rings. The second-order valence-electron chi connectivity index (χ2n) is 9.77. The highest BCUT2D eigenvalue weighted by molar-refractivity contribution is 5.94. The standard InChI is InChI=1S/C25H32N4O3/c1-27-22(9-12-26-27)24(31)28-13-10-25(11-14-28)15-21(17-32-16-19-7-8-19)29(18-25)23(30)20-5-3-2-4-6-20/h2-6,9,12,19,21H,7-8,10-11,13-18H2,1H3. The highest BCUT2D eigenvalue weighted by atomic mass is 16.5. The van der Waals surface area contributed by atoms with Crippen LogP contribution in [0, 0.1) is 11.3 Å². The molecule has 1 aromatic carbocycles. The minimum atomic E-state index is 0.0411. The Morgan fingerprint density at radius 1 is 1.06 bits per heavy atom. The summed E-state index contributed by atoms with van der Waals surface area (Å²) in [4.78, 5) is 30.2. The Morgan fingerprint density at radius 2 is 1.81 bits per heavy atom. The van der Waals surface area contributed by atoms with Crippen molar-refractivity contribution < 1.29 is 14.3 Å². The molecule has 1 saturated carbocycles. The van der Waals surface area contributed by atoms with Gasteiger partial charge in [-0.2, -0.15) is 5.10 Å². The number of rotatable bonds is 6. The summed E-state index contributed by atoms with van der Waals surface area (Å²) in [6, 6.07) is 11.4. The van der Waals surface area contributed by atoms with Crippen LogP contribution in [0.3, 0.4) is 0 Å². The summed E-state index contributed by atoms with van der Waals surface area (Å²) < 4.78 is 7.68. The molecule has 32 heavy (non-hydrogen) atoms. The van der Waals surface area contributed by atoms with Crippen molar-refractivity contribution in [2.75, 3.05) is 32.8 Å². The topological polar surface area (TPSA) is 67.7 Å². The van der Waals surface area contributed by atoms with Crippen LogP contribution in [-0.4, -0.2) is 70.3 Å². The van der Waals surface area contributed by atoms with Gasteiger partial charge in [-0.3, -0.25) is 14.3 Å². The minimum Gasteiger partial charge on any atom is -0.379 e. The summed E-state index contributed by atoms with van der Waals surface area (Å²) in [5.74, 6) is 0.847. The Morgan fingerprint density at radius 3 is 2.47 bits per heavy atom. The zero-order valence-corrected chi connectivity index (χ0v) is 18.8. The van der Waals surface area contributed by atoms with Crippen molar-refractivity contribution >= 4 is 11.8 Å². The third-order valence-corrected chi connectivity index (χ3v) is 7.41. The summed E-state index contributed by atoms with van der Waals surface area (Å²) in [5.41, 5.74) is 1.42. The van der Waals surface area contributed by atoms with Crippen molar-refractivity contribution in [2.24, 2.45) is 18.4 Å². The lowest BCUT2D eigenvalue weighted by molar-refractivity contribution is 0.0505. The lowest BCUT2D eigenvalue weighted by atomic mass is 9.76. The molecule has 7 nitrogen and oxygen atoms in total. The van der Waals surface area contributed by atoms with Gasteiger partial charge in [-0.15, -0.1) is 0 Å². The Bertz CT molecular complexity index is 961. The lowest BCUT2D eigenvalue weighted by Gasteiger charge is -2.39. The van der Waals surface area contributed by atoms with Crippen molar-refractivity contribution in [3.8, 4) is 0 Å². The summed E-state index contributed by atoms with van der Waals surface area (Å²) in [5, 5.41) is 4.13. The number of amides is 2. The van der Waals surface area contributed by atoms with Crippen molar-refractivity contribution in [3.63, 3.8) is 0 Å². The van der Waals surface area contributed by atoms with Gasteiger partial charge in [0.25, 0.3) is 11.8 Å². The van der Waals surface area contributed by atoms with Crippen LogP contribution in [0.25, 0.3) is 0 Å². The highest BCUT2D eigenvalue weighted by Gasteiger charge is 2.48. The van der Waals surface area contributed by atoms with E-state index < -0.39 is 0 Å². The van der Waals surface area contributed by atoms with E-state index in [9.17, 15) is 9.59 Å². The number of piperidine rings is 1. The van der Waals surface area contributed by atoms with Gasteiger partial charge in [0.2, 0.25) is 0 Å². The molecule has 1 spiro atoms. The predicted octanol–water partition coefficient (Wildman–Crippen LogP) is 2.98. The molecule has 1 unspecified atom stereocenters. The third kappa shape index (κ3) is 4.31. The van der Waals surface area contributed by atoms with E-state index in [-0.39, 0.29) is 23.3 Å². The molecule has 0 N–H and O–H groups in total. The lowest BCUT2D eigenvalue weighted by Crippen LogP contribution is -2.45. The van der Waals surface area contributed by atoms with E-state index in [0.29, 0.717) is 31.3 Å². The molecule has 1 aromatic heterocycles. The van der Waals surface area contributed by atoms with Crippen molar-refractivity contribution in [2.45, 2.75) is 38.1 Å². The molecule has 5 rings (SSSR count). The first-order valence-corrected chi connectivity index (χ1v) is 11.8. The maximum Gasteiger partial charge on any atom is 0.272 e. The monoisotopic (exact) mass is 436 g/mol. The number of nitrogens with zero attached hydrogens (tertiary/aromatic N) is 4. The SMILES string of the molecule is Cn1nccc1C(=O)N1CCC2(CC1)CC(COCC1CC1)N(C(=O)c1ccccc1)C2. The summed E-state index contributed by atoms with van der Waals surface area (Å²) in [7, 11) is 1.80. The summed E-state index contributed by atoms with van der Waals surface area (Å²) in [6.45, 7) is 3.59. The van der Waals surface area contributed by atoms with E-state index in [4.69, 9.17) is 4.74 Å². The number of likely N-dealkylation sites (tertiary alicyclic amines) is 2. The smallest absolute Gasteiger partial charge is 0.272 e. The Balaban J connectivity index is 1.27. The largest absolute Gasteiger partial charge is 0.379 e. The molecule has 1 atom stereocenters. The Kier molecular flexibility index (Phi) is 5.76. The van der Waals surface area contributed by atoms with E-state index in [0.717, 1.165) is 38.0 Å². The molecule has 7 heteroatoms. The molecule has 2 saturated heterocycles. The number of carbonyl (C=O) groups is 2. The van der Waals surface area contributed by atoms with Gasteiger partial charge in [-0.05, 0) is 61.6 Å². The second-order valence-corrected chi connectivity index (χ2v) is 9.77. The predicted molar refractivity (Wildman–Crippen MR) is 120 cm³/mol. The number of benzene rings is 1. The van der Waals surface area contributed by atoms with Gasteiger partial charge in [-0.25, -0.2) is 0 Å². The quantitative estimate of drug-likeness (QED) is 0.698. The van der Waals surface area contributed by atoms with Crippen molar-refractivity contribution in [3.05, 3.63) is 53.9 Å². The molecule has 2 amide bonds. The van der Waals surface area contributed by atoms with Gasteiger partial charge in [0.1, 0.15) is 5.69 Å². The van der Waals surface area contributed by atoms with Crippen LogP contribution in [0.5, 0.6) is 0 Å². The molecule has 3 aliphatic rings. The molecular formula is C25H32N4O3. The zero-order chi connectivity index (χ0) is 22.1. The first kappa shape index (κ1) is 21.2. The molecule has 0 bridgehead atoms. The van der Waals surface area contributed by atoms with Crippen LogP contribution >= 0.6 is 0 Å². The number of aromatic nitrogens is 2. The normalized spacial score (nSPS) is 22.5. The van der Waals surface area contributed by atoms with Crippen LogP contribution < -0.4 is 0 Å². The maximum atomic E-state index is 13.4. The average molecular weight is 437 g/mol. The van der Waals surface area contributed by atoms with Gasteiger partial charge in [0.05, 0.1) is 12.6 Å². The van der Waals surface area contributed by atoms with Gasteiger partial charge >= 0.3 is 0 Å². The van der Waals surface area contributed by atoms with Crippen molar-refractivity contribution in [1.29, 1.82) is 0 Å². The summed E-state index contributed by atoms with van der Waals surface area (Å²) >= 11 is 0. The van der Waals surface area contributed by atoms with Gasteiger partial charge in [0.15, 0.2) is 0 Å². The molecule has 1 aliphatic carbocycles. The van der Waals surface area contributed by atoms with Gasteiger partial charge < -0.3 is 14.5 Å². The maximum absolute atomic E-state index is 13.4. The number of aryl methyl sites for hydroxylation is 1. The molecule has 2 aliphatic heterocycles. The molecular weight excluding hydrogens is 404 g/mol. The van der Waals surface area contributed by atoms with E-state index in [1.54, 1.807) is 24.0 Å². The Labute approximate surface area is 189 Å². The van der Waals surface area contributed by atoms with E-state index in [1.807, 2.05) is 40.1 Å². The molecule has 3 fully saturated rings. The van der Waals surface area contributed by atoms with Gasteiger partial charge in [-0.1, -0.05) is 18.2 Å².